The summed E-state index contributed by atoms with van der Waals surface area (Å²) in [7, 11) is 4.59. The zero-order chi connectivity index (χ0) is 30.1. The number of hydrogen-bond acceptors (Lipinski definition) is 9. The van der Waals surface area contributed by atoms with Gasteiger partial charge in [-0.2, -0.15) is 0 Å². The van der Waals surface area contributed by atoms with Crippen LogP contribution in [0, 0.1) is 3.57 Å². The van der Waals surface area contributed by atoms with E-state index in [0.29, 0.717) is 44.1 Å². The summed E-state index contributed by atoms with van der Waals surface area (Å²) >= 11 is 2.05. The fraction of sp³-hybridized carbons (Fsp3) is 0.448. The van der Waals surface area contributed by atoms with Crippen molar-refractivity contribution in [3.8, 4) is 23.0 Å². The quantitative estimate of drug-likeness (QED) is 0.232. The van der Waals surface area contributed by atoms with E-state index in [9.17, 15) is 24.9 Å². The molecule has 0 fully saturated rings. The molecule has 3 atom stereocenters. The van der Waals surface area contributed by atoms with E-state index in [0.717, 1.165) is 5.56 Å². The number of halogens is 1. The molecule has 0 bridgehead atoms. The van der Waals surface area contributed by atoms with Gasteiger partial charge in [0.2, 0.25) is 11.8 Å². The number of aliphatic hydroxyl groups is 3. The van der Waals surface area contributed by atoms with Crippen LogP contribution >= 0.6 is 22.6 Å². The highest BCUT2D eigenvalue weighted by Gasteiger charge is 2.40. The van der Waals surface area contributed by atoms with Crippen LogP contribution in [-0.2, 0) is 22.6 Å². The van der Waals surface area contributed by atoms with Crippen molar-refractivity contribution in [1.29, 1.82) is 0 Å². The minimum absolute atomic E-state index is 0.0509. The first-order chi connectivity index (χ1) is 19.7. The summed E-state index contributed by atoms with van der Waals surface area (Å²) in [6.07, 6.45) is -0.200. The maximum atomic E-state index is 13.0. The molecule has 0 radical (unpaired) electrons. The van der Waals surface area contributed by atoms with Gasteiger partial charge in [-0.3, -0.25) is 9.59 Å². The number of nitrogens with one attached hydrogen (secondary N) is 1. The first kappa shape index (κ1) is 32.4. The fourth-order valence-corrected chi connectivity index (χ4v) is 5.56. The molecule has 3 rings (SSSR count). The van der Waals surface area contributed by atoms with E-state index in [-0.39, 0.29) is 38.6 Å². The third kappa shape index (κ3) is 8.03. The molecule has 41 heavy (non-hydrogen) atoms. The van der Waals surface area contributed by atoms with Crippen molar-refractivity contribution < 1.29 is 43.9 Å². The maximum absolute atomic E-state index is 13.0. The van der Waals surface area contributed by atoms with Crippen LogP contribution in [0.15, 0.2) is 42.0 Å². The fourth-order valence-electron chi connectivity index (χ4n) is 4.77. The Morgan fingerprint density at radius 3 is 2.41 bits per heavy atom. The number of aliphatic hydroxyl groups excluding tert-OH is 3. The van der Waals surface area contributed by atoms with Gasteiger partial charge in [0.05, 0.1) is 44.2 Å². The summed E-state index contributed by atoms with van der Waals surface area (Å²) < 4.78 is 23.2. The molecule has 224 valence electrons. The molecule has 1 aliphatic rings. The van der Waals surface area contributed by atoms with Crippen LogP contribution in [0.25, 0.3) is 0 Å². The van der Waals surface area contributed by atoms with E-state index in [1.165, 1.54) is 25.0 Å². The summed E-state index contributed by atoms with van der Waals surface area (Å²) in [5.74, 6) is 1.24. The molecule has 0 aromatic heterocycles. The van der Waals surface area contributed by atoms with Crippen LogP contribution in [0.3, 0.4) is 0 Å². The second-order valence-electron chi connectivity index (χ2n) is 9.42. The number of benzene rings is 2. The van der Waals surface area contributed by atoms with E-state index < -0.39 is 24.2 Å². The van der Waals surface area contributed by atoms with Crippen molar-refractivity contribution in [2.24, 2.45) is 0 Å². The number of carbonyl (C=O) groups is 2. The van der Waals surface area contributed by atoms with E-state index in [4.69, 9.17) is 18.9 Å². The van der Waals surface area contributed by atoms with Gasteiger partial charge in [0.1, 0.15) is 23.7 Å². The van der Waals surface area contributed by atoms with E-state index >= 15 is 0 Å². The number of ether oxygens (including phenoxy) is 4. The third-order valence-corrected chi connectivity index (χ3v) is 7.66. The van der Waals surface area contributed by atoms with Crippen LogP contribution in [0.1, 0.15) is 24.5 Å². The lowest BCUT2D eigenvalue weighted by molar-refractivity contribution is -0.136. The Bertz CT molecular complexity index is 1250. The highest BCUT2D eigenvalue weighted by atomic mass is 127. The first-order valence-electron chi connectivity index (χ1n) is 13.1. The van der Waals surface area contributed by atoms with Gasteiger partial charge in [0, 0.05) is 32.0 Å². The van der Waals surface area contributed by atoms with Crippen LogP contribution in [0.5, 0.6) is 23.0 Å². The Kier molecular flexibility index (Phi) is 12.1. The third-order valence-electron chi connectivity index (χ3n) is 6.85. The molecule has 1 aliphatic carbocycles. The minimum atomic E-state index is -1.20. The lowest BCUT2D eigenvalue weighted by atomic mass is 9.88. The molecule has 2 amide bonds. The second kappa shape index (κ2) is 15.2. The number of hydrogen-bond donors (Lipinski definition) is 4. The predicted molar refractivity (Wildman–Crippen MR) is 159 cm³/mol. The van der Waals surface area contributed by atoms with Crippen molar-refractivity contribution in [2.75, 3.05) is 41.0 Å². The molecule has 3 unspecified atom stereocenters. The van der Waals surface area contributed by atoms with Gasteiger partial charge in [-0.25, -0.2) is 0 Å². The predicted octanol–water partition coefficient (Wildman–Crippen LogP) is 1.82. The Balaban J connectivity index is 1.96. The Labute approximate surface area is 253 Å². The Morgan fingerprint density at radius 2 is 1.80 bits per heavy atom. The Hall–Kier alpha value is -3.07. The van der Waals surface area contributed by atoms with Gasteiger partial charge in [0.25, 0.3) is 0 Å². The zero-order valence-corrected chi connectivity index (χ0v) is 25.7. The van der Waals surface area contributed by atoms with Crippen LogP contribution in [-0.4, -0.2) is 91.3 Å². The SMILES string of the molecule is COc1ccc(OC)c(CCN(C(C)=O)C2CC(C(=O)NCCO)=CC(Oc3c(I)cc(CO)cc3OC)C2O)c1. The summed E-state index contributed by atoms with van der Waals surface area (Å²) in [4.78, 5) is 27.5. The molecule has 11 nitrogen and oxygen atoms in total. The molecule has 2 aromatic carbocycles. The molecule has 0 aliphatic heterocycles. The monoisotopic (exact) mass is 684 g/mol. The average Bonchev–Trinajstić information content (AvgIpc) is 2.97. The van der Waals surface area contributed by atoms with Crippen molar-refractivity contribution in [1.82, 2.24) is 10.2 Å². The van der Waals surface area contributed by atoms with Crippen LogP contribution in [0.2, 0.25) is 0 Å². The van der Waals surface area contributed by atoms with Gasteiger partial charge < -0.3 is 44.5 Å². The molecular weight excluding hydrogens is 647 g/mol. The van der Waals surface area contributed by atoms with Gasteiger partial charge >= 0.3 is 0 Å². The molecule has 4 N–H and O–H groups in total. The Morgan fingerprint density at radius 1 is 1.07 bits per heavy atom. The molecule has 12 heteroatoms. The molecule has 2 aromatic rings. The highest BCUT2D eigenvalue weighted by Crippen LogP contribution is 2.37. The summed E-state index contributed by atoms with van der Waals surface area (Å²) in [6, 6.07) is 7.96. The molecule has 0 saturated carbocycles. The smallest absolute Gasteiger partial charge is 0.247 e. The topological polar surface area (TPSA) is 147 Å². The van der Waals surface area contributed by atoms with E-state index in [1.54, 1.807) is 38.5 Å². The highest BCUT2D eigenvalue weighted by molar-refractivity contribution is 14.1. The molecular formula is C29H37IN2O9. The minimum Gasteiger partial charge on any atom is -0.497 e. The van der Waals surface area contributed by atoms with Gasteiger partial charge in [-0.1, -0.05) is 0 Å². The van der Waals surface area contributed by atoms with Crippen molar-refractivity contribution in [3.63, 3.8) is 0 Å². The maximum Gasteiger partial charge on any atom is 0.247 e. The second-order valence-corrected chi connectivity index (χ2v) is 10.6. The first-order valence-corrected chi connectivity index (χ1v) is 14.1. The number of carbonyl (C=O) groups excluding carboxylic acids is 2. The van der Waals surface area contributed by atoms with E-state index in [2.05, 4.69) is 5.32 Å². The summed E-state index contributed by atoms with van der Waals surface area (Å²) in [5.41, 5.74) is 1.75. The summed E-state index contributed by atoms with van der Waals surface area (Å²) in [5, 5.41) is 33.0. The average molecular weight is 685 g/mol. The van der Waals surface area contributed by atoms with Crippen molar-refractivity contribution in [2.45, 2.75) is 44.6 Å². The molecule has 0 heterocycles. The van der Waals surface area contributed by atoms with Gasteiger partial charge in [-0.15, -0.1) is 0 Å². The number of nitrogens with zero attached hydrogens (tertiary/aromatic N) is 1. The van der Waals surface area contributed by atoms with Crippen molar-refractivity contribution in [3.05, 3.63) is 56.7 Å². The molecule has 0 saturated heterocycles. The van der Waals surface area contributed by atoms with Crippen molar-refractivity contribution >= 4 is 34.4 Å². The van der Waals surface area contributed by atoms with Crippen LogP contribution in [0.4, 0.5) is 0 Å². The van der Waals surface area contributed by atoms with E-state index in [1.807, 2.05) is 28.7 Å². The summed E-state index contributed by atoms with van der Waals surface area (Å²) in [6.45, 7) is 1.26. The van der Waals surface area contributed by atoms with Gasteiger partial charge in [-0.05, 0) is 76.5 Å². The number of rotatable bonds is 13. The molecule has 0 spiro atoms. The standard InChI is InChI=1S/C29H37IN2O9/c1-17(35)32(9-7-19-13-21(38-2)5-6-24(19)39-3)23-14-20(29(37)31-8-10-33)15-25(27(23)36)41-28-22(30)11-18(16-34)12-26(28)40-4/h5-6,11-13,15,23,25,27,33-34,36H,7-10,14,16H2,1-4H3,(H,31,37). The van der Waals surface area contributed by atoms with Crippen LogP contribution < -0.4 is 24.3 Å². The normalized spacial score (nSPS) is 18.2. The number of methoxy groups -OCH3 is 3. The van der Waals surface area contributed by atoms with Gasteiger partial charge in [0.15, 0.2) is 11.5 Å². The lowest BCUT2D eigenvalue weighted by Gasteiger charge is -2.40. The largest absolute Gasteiger partial charge is 0.497 e. The lowest BCUT2D eigenvalue weighted by Crippen LogP contribution is -2.55. The number of amides is 2. The zero-order valence-electron chi connectivity index (χ0n) is 23.6.